The van der Waals surface area contributed by atoms with E-state index in [1.165, 1.54) is 6.20 Å². The highest BCUT2D eigenvalue weighted by molar-refractivity contribution is 9.10. The van der Waals surface area contributed by atoms with Crippen LogP contribution >= 0.6 is 15.9 Å². The van der Waals surface area contributed by atoms with Crippen LogP contribution in [0.15, 0.2) is 64.0 Å². The van der Waals surface area contributed by atoms with Gasteiger partial charge in [0.2, 0.25) is 5.91 Å². The number of methoxy groups -OCH3 is 1. The minimum atomic E-state index is -0.595. The monoisotopic (exact) mass is 414 g/mol. The molecule has 2 aromatic carbocycles. The smallest absolute Gasteiger partial charge is 0.365 e. The largest absolute Gasteiger partial charge is 0.497 e. The summed E-state index contributed by atoms with van der Waals surface area (Å²) in [6, 6.07) is 14.3. The summed E-state index contributed by atoms with van der Waals surface area (Å²) in [7, 11) is 1.58. The Balaban J connectivity index is 1.73. The average molecular weight is 415 g/mol. The van der Waals surface area contributed by atoms with Gasteiger partial charge in [0.25, 0.3) is 0 Å². The molecule has 26 heavy (non-hydrogen) atoms. The molecule has 0 atom stereocenters. The van der Waals surface area contributed by atoms with Gasteiger partial charge in [-0.1, -0.05) is 22.0 Å². The predicted molar refractivity (Wildman–Crippen MR) is 101 cm³/mol. The van der Waals surface area contributed by atoms with Gasteiger partial charge in [-0.15, -0.1) is 0 Å². The normalized spacial score (nSPS) is 10.4. The molecule has 0 aliphatic heterocycles. The number of carbonyl (C=O) groups excluding carboxylic acids is 1. The third-order valence-corrected chi connectivity index (χ3v) is 4.04. The first kappa shape index (κ1) is 17.8. The Kier molecular flexibility index (Phi) is 5.43. The molecule has 0 fully saturated rings. The fourth-order valence-electron chi connectivity index (χ4n) is 2.28. The van der Waals surface area contributed by atoms with E-state index in [0.29, 0.717) is 17.1 Å². The minimum Gasteiger partial charge on any atom is -0.497 e. The Morgan fingerprint density at radius 2 is 2.00 bits per heavy atom. The number of nitrogens with zero attached hydrogens (tertiary/aromatic N) is 3. The number of hydrogen-bond donors (Lipinski definition) is 1. The molecule has 8 heteroatoms. The molecule has 1 amide bonds. The molecule has 132 valence electrons. The van der Waals surface area contributed by atoms with Crippen molar-refractivity contribution >= 4 is 27.5 Å². The van der Waals surface area contributed by atoms with Crippen molar-refractivity contribution < 1.29 is 9.53 Å². The zero-order chi connectivity index (χ0) is 18.5. The summed E-state index contributed by atoms with van der Waals surface area (Å²) in [4.78, 5) is 28.2. The number of anilines is 1. The minimum absolute atomic E-state index is 0.221. The van der Waals surface area contributed by atoms with E-state index in [0.717, 1.165) is 14.7 Å². The maximum Gasteiger partial charge on any atom is 0.365 e. The SMILES string of the molecule is COc1ccc(-c2cnn(CC(=O)Nc3cccc(Br)c3)c(=O)n2)cc1. The Labute approximate surface area is 157 Å². The summed E-state index contributed by atoms with van der Waals surface area (Å²) >= 11 is 3.33. The van der Waals surface area contributed by atoms with E-state index in [4.69, 9.17) is 4.74 Å². The van der Waals surface area contributed by atoms with E-state index in [-0.39, 0.29) is 12.5 Å². The van der Waals surface area contributed by atoms with Gasteiger partial charge in [0.1, 0.15) is 12.3 Å². The Morgan fingerprint density at radius 1 is 1.23 bits per heavy atom. The summed E-state index contributed by atoms with van der Waals surface area (Å²) in [5.74, 6) is 0.343. The maximum atomic E-state index is 12.2. The van der Waals surface area contributed by atoms with Gasteiger partial charge in [-0.05, 0) is 42.5 Å². The molecule has 7 nitrogen and oxygen atoms in total. The highest BCUT2D eigenvalue weighted by Gasteiger charge is 2.09. The average Bonchev–Trinajstić information content (AvgIpc) is 2.63. The first-order chi connectivity index (χ1) is 12.5. The summed E-state index contributed by atoms with van der Waals surface area (Å²) in [6.07, 6.45) is 1.45. The van der Waals surface area contributed by atoms with E-state index >= 15 is 0 Å². The predicted octanol–water partition coefficient (Wildman–Crippen LogP) is 2.72. The molecule has 0 bridgehead atoms. The molecule has 0 aliphatic rings. The van der Waals surface area contributed by atoms with Gasteiger partial charge in [-0.2, -0.15) is 10.1 Å². The molecular formula is C18H15BrN4O3. The van der Waals surface area contributed by atoms with Crippen LogP contribution in [0.1, 0.15) is 0 Å². The van der Waals surface area contributed by atoms with Gasteiger partial charge in [-0.3, -0.25) is 4.79 Å². The van der Waals surface area contributed by atoms with Crippen molar-refractivity contribution in [3.63, 3.8) is 0 Å². The second kappa shape index (κ2) is 7.92. The quantitative estimate of drug-likeness (QED) is 0.693. The molecule has 0 spiro atoms. The molecule has 0 saturated carbocycles. The van der Waals surface area contributed by atoms with Gasteiger partial charge in [-0.25, -0.2) is 9.48 Å². The number of amides is 1. The third-order valence-electron chi connectivity index (χ3n) is 3.54. The summed E-state index contributed by atoms with van der Waals surface area (Å²) < 4.78 is 6.96. The van der Waals surface area contributed by atoms with Gasteiger partial charge in [0, 0.05) is 15.7 Å². The highest BCUT2D eigenvalue weighted by atomic mass is 79.9. The van der Waals surface area contributed by atoms with Gasteiger partial charge < -0.3 is 10.1 Å². The van der Waals surface area contributed by atoms with E-state index in [9.17, 15) is 9.59 Å². The van der Waals surface area contributed by atoms with Crippen LogP contribution in [0, 0.1) is 0 Å². The number of hydrogen-bond acceptors (Lipinski definition) is 5. The summed E-state index contributed by atoms with van der Waals surface area (Å²) in [5, 5.41) is 6.74. The van der Waals surface area contributed by atoms with Crippen LogP contribution in [0.5, 0.6) is 5.75 Å². The number of rotatable bonds is 5. The van der Waals surface area contributed by atoms with E-state index in [1.54, 1.807) is 49.6 Å². The van der Waals surface area contributed by atoms with Gasteiger partial charge in [0.05, 0.1) is 19.0 Å². The van der Waals surface area contributed by atoms with Crippen molar-refractivity contribution in [2.24, 2.45) is 0 Å². The van der Waals surface area contributed by atoms with Crippen LogP contribution in [0.25, 0.3) is 11.3 Å². The second-order valence-electron chi connectivity index (χ2n) is 5.37. The molecular weight excluding hydrogens is 400 g/mol. The maximum absolute atomic E-state index is 12.2. The molecule has 1 heterocycles. The van der Waals surface area contributed by atoms with E-state index in [1.807, 2.05) is 6.07 Å². The van der Waals surface area contributed by atoms with Crippen molar-refractivity contribution in [1.29, 1.82) is 0 Å². The lowest BCUT2D eigenvalue weighted by atomic mass is 10.1. The van der Waals surface area contributed by atoms with Crippen LogP contribution in [0.4, 0.5) is 5.69 Å². The number of aromatic nitrogens is 3. The van der Waals surface area contributed by atoms with Crippen LogP contribution in [-0.2, 0) is 11.3 Å². The van der Waals surface area contributed by atoms with Crippen molar-refractivity contribution in [3.05, 3.63) is 69.7 Å². The third kappa shape index (κ3) is 4.34. The zero-order valence-corrected chi connectivity index (χ0v) is 15.4. The highest BCUT2D eigenvalue weighted by Crippen LogP contribution is 2.19. The molecule has 3 aromatic rings. The Bertz CT molecular complexity index is 986. The van der Waals surface area contributed by atoms with Crippen molar-refractivity contribution in [2.75, 3.05) is 12.4 Å². The lowest BCUT2D eigenvalue weighted by Gasteiger charge is -2.07. The van der Waals surface area contributed by atoms with Crippen LogP contribution < -0.4 is 15.7 Å². The molecule has 3 rings (SSSR count). The van der Waals surface area contributed by atoms with E-state index < -0.39 is 5.69 Å². The van der Waals surface area contributed by atoms with Crippen LogP contribution in [0.2, 0.25) is 0 Å². The molecule has 1 N–H and O–H groups in total. The Morgan fingerprint density at radius 3 is 2.65 bits per heavy atom. The lowest BCUT2D eigenvalue weighted by Crippen LogP contribution is -2.31. The number of nitrogens with one attached hydrogen (secondary N) is 1. The Hall–Kier alpha value is -3.00. The number of benzene rings is 2. The van der Waals surface area contributed by atoms with Gasteiger partial charge >= 0.3 is 5.69 Å². The summed E-state index contributed by atoms with van der Waals surface area (Å²) in [6.45, 7) is -0.221. The number of carbonyl (C=O) groups is 1. The standard InChI is InChI=1S/C18H15BrN4O3/c1-26-15-7-5-12(6-8-15)16-10-20-23(18(25)22-16)11-17(24)21-14-4-2-3-13(19)9-14/h2-10H,11H2,1H3,(H,21,24). The first-order valence-electron chi connectivity index (χ1n) is 7.69. The first-order valence-corrected chi connectivity index (χ1v) is 8.48. The fraction of sp³-hybridized carbons (Fsp3) is 0.111. The van der Waals surface area contributed by atoms with E-state index in [2.05, 4.69) is 31.3 Å². The number of halogens is 1. The molecule has 1 aromatic heterocycles. The lowest BCUT2D eigenvalue weighted by molar-refractivity contribution is -0.117. The van der Waals surface area contributed by atoms with Crippen molar-refractivity contribution in [3.8, 4) is 17.0 Å². The summed E-state index contributed by atoms with van der Waals surface area (Å²) in [5.41, 5.74) is 1.20. The molecule has 0 radical (unpaired) electrons. The topological polar surface area (TPSA) is 86.1 Å². The van der Waals surface area contributed by atoms with Crippen molar-refractivity contribution in [2.45, 2.75) is 6.54 Å². The fourth-order valence-corrected chi connectivity index (χ4v) is 2.67. The molecule has 0 aliphatic carbocycles. The molecule has 0 saturated heterocycles. The van der Waals surface area contributed by atoms with Crippen LogP contribution in [0.3, 0.4) is 0 Å². The number of ether oxygens (including phenoxy) is 1. The van der Waals surface area contributed by atoms with Gasteiger partial charge in [0.15, 0.2) is 0 Å². The second-order valence-corrected chi connectivity index (χ2v) is 6.28. The van der Waals surface area contributed by atoms with Crippen LogP contribution in [-0.4, -0.2) is 27.8 Å². The molecule has 0 unspecified atom stereocenters. The zero-order valence-electron chi connectivity index (χ0n) is 13.8. The van der Waals surface area contributed by atoms with Crippen molar-refractivity contribution in [1.82, 2.24) is 14.8 Å².